The average molecular weight is 337 g/mol. The van der Waals surface area contributed by atoms with Crippen molar-refractivity contribution in [1.29, 1.82) is 0 Å². The van der Waals surface area contributed by atoms with Crippen LogP contribution in [0.3, 0.4) is 0 Å². The van der Waals surface area contributed by atoms with E-state index in [1.54, 1.807) is 6.08 Å². The van der Waals surface area contributed by atoms with Gasteiger partial charge in [0.25, 0.3) is 5.91 Å². The minimum atomic E-state index is -0.501. The first kappa shape index (κ1) is 16.5. The van der Waals surface area contributed by atoms with Gasteiger partial charge >= 0.3 is 5.97 Å². The van der Waals surface area contributed by atoms with E-state index in [2.05, 4.69) is 4.74 Å². The number of amides is 1. The number of thioether (sulfide) groups is 1. The van der Waals surface area contributed by atoms with E-state index in [0.717, 1.165) is 11.3 Å². The first-order chi connectivity index (χ1) is 10.5. The van der Waals surface area contributed by atoms with Crippen LogP contribution < -0.4 is 4.74 Å². The Morgan fingerprint density at radius 1 is 1.36 bits per heavy atom. The molecule has 116 valence electrons. The topological polar surface area (TPSA) is 55.8 Å². The lowest BCUT2D eigenvalue weighted by atomic mass is 10.2. The van der Waals surface area contributed by atoms with Crippen molar-refractivity contribution < 1.29 is 19.1 Å². The summed E-state index contributed by atoms with van der Waals surface area (Å²) < 4.78 is 10.3. The zero-order chi connectivity index (χ0) is 16.1. The predicted molar refractivity (Wildman–Crippen MR) is 89.5 cm³/mol. The standard InChI is InChI=1S/C15H15NO4S2/c1-3-20-11-6-4-10(5-7-11)8-12-14(18)16(15(21)22-12)9-13(17)19-2/h4-8H,3,9H2,1-2H3. The number of esters is 1. The number of thiocarbonyl (C=S) groups is 1. The molecule has 22 heavy (non-hydrogen) atoms. The second-order valence-corrected chi connectivity index (χ2v) is 6.02. The van der Waals surface area contributed by atoms with Crippen molar-refractivity contribution in [3.05, 3.63) is 34.7 Å². The van der Waals surface area contributed by atoms with E-state index in [4.69, 9.17) is 17.0 Å². The molecule has 0 N–H and O–H groups in total. The van der Waals surface area contributed by atoms with E-state index in [9.17, 15) is 9.59 Å². The summed E-state index contributed by atoms with van der Waals surface area (Å²) in [6.07, 6.45) is 1.74. The van der Waals surface area contributed by atoms with Gasteiger partial charge in [-0.3, -0.25) is 14.5 Å². The Hall–Kier alpha value is -1.86. The molecule has 0 spiro atoms. The molecule has 1 amide bonds. The number of hydrogen-bond donors (Lipinski definition) is 0. The van der Waals surface area contributed by atoms with E-state index in [1.165, 1.54) is 23.8 Å². The fourth-order valence-electron chi connectivity index (χ4n) is 1.81. The van der Waals surface area contributed by atoms with E-state index < -0.39 is 5.97 Å². The van der Waals surface area contributed by atoms with Crippen LogP contribution in [0.5, 0.6) is 5.75 Å². The molecule has 1 heterocycles. The number of hydrogen-bond acceptors (Lipinski definition) is 6. The van der Waals surface area contributed by atoms with Gasteiger partial charge in [0, 0.05) is 0 Å². The van der Waals surface area contributed by atoms with Crippen molar-refractivity contribution in [2.45, 2.75) is 6.92 Å². The average Bonchev–Trinajstić information content (AvgIpc) is 2.77. The van der Waals surface area contributed by atoms with Crippen LogP contribution in [0, 0.1) is 0 Å². The van der Waals surface area contributed by atoms with Gasteiger partial charge in [0.2, 0.25) is 0 Å². The van der Waals surface area contributed by atoms with Crippen molar-refractivity contribution in [3.63, 3.8) is 0 Å². The summed E-state index contributed by atoms with van der Waals surface area (Å²) in [5.74, 6) is -0.00853. The lowest BCUT2D eigenvalue weighted by Crippen LogP contribution is -2.33. The van der Waals surface area contributed by atoms with Gasteiger partial charge in [0.1, 0.15) is 16.6 Å². The van der Waals surface area contributed by atoms with Crippen molar-refractivity contribution in [2.75, 3.05) is 20.3 Å². The molecule has 1 fully saturated rings. The first-order valence-electron chi connectivity index (χ1n) is 6.60. The SMILES string of the molecule is CCOc1ccc(C=C2SC(=S)N(CC(=O)OC)C2=O)cc1. The lowest BCUT2D eigenvalue weighted by Gasteiger charge is -2.11. The molecule has 0 saturated carbocycles. The van der Waals surface area contributed by atoms with Crippen LogP contribution in [0.4, 0.5) is 0 Å². The summed E-state index contributed by atoms with van der Waals surface area (Å²) in [5.41, 5.74) is 0.863. The number of benzene rings is 1. The Morgan fingerprint density at radius 2 is 2.05 bits per heavy atom. The van der Waals surface area contributed by atoms with Crippen LogP contribution in [-0.4, -0.2) is 41.4 Å². The number of methoxy groups -OCH3 is 1. The highest BCUT2D eigenvalue weighted by Gasteiger charge is 2.33. The number of nitrogens with zero attached hydrogens (tertiary/aromatic N) is 1. The molecule has 0 aliphatic carbocycles. The highest BCUT2D eigenvalue weighted by atomic mass is 32.2. The zero-order valence-corrected chi connectivity index (χ0v) is 13.8. The molecule has 1 aromatic rings. The number of carbonyl (C=O) groups excluding carboxylic acids is 2. The molecule has 1 saturated heterocycles. The Balaban J connectivity index is 2.13. The molecule has 5 nitrogen and oxygen atoms in total. The Morgan fingerprint density at radius 3 is 2.64 bits per heavy atom. The maximum Gasteiger partial charge on any atom is 0.325 e. The van der Waals surface area contributed by atoms with Gasteiger partial charge in [-0.05, 0) is 30.7 Å². The quantitative estimate of drug-likeness (QED) is 0.467. The molecule has 0 radical (unpaired) electrons. The largest absolute Gasteiger partial charge is 0.494 e. The molecule has 0 aromatic heterocycles. The van der Waals surface area contributed by atoms with Crippen LogP contribution in [-0.2, 0) is 14.3 Å². The fraction of sp³-hybridized carbons (Fsp3) is 0.267. The predicted octanol–water partition coefficient (Wildman–Crippen LogP) is 2.46. The van der Waals surface area contributed by atoms with Crippen LogP contribution >= 0.6 is 24.0 Å². The van der Waals surface area contributed by atoms with Gasteiger partial charge in [-0.15, -0.1) is 0 Å². The summed E-state index contributed by atoms with van der Waals surface area (Å²) >= 11 is 6.31. The molecule has 1 aliphatic rings. The molecule has 0 unspecified atom stereocenters. The zero-order valence-electron chi connectivity index (χ0n) is 12.2. The molecule has 1 aromatic carbocycles. The minimum absolute atomic E-state index is 0.165. The third-order valence-electron chi connectivity index (χ3n) is 2.88. The van der Waals surface area contributed by atoms with Crippen molar-refractivity contribution in [1.82, 2.24) is 4.90 Å². The third-order valence-corrected chi connectivity index (χ3v) is 4.26. The van der Waals surface area contributed by atoms with Crippen LogP contribution in [0.25, 0.3) is 6.08 Å². The van der Waals surface area contributed by atoms with Crippen molar-refractivity contribution in [3.8, 4) is 5.75 Å². The molecular weight excluding hydrogens is 322 g/mol. The monoisotopic (exact) mass is 337 g/mol. The van der Waals surface area contributed by atoms with Gasteiger partial charge in [0.15, 0.2) is 0 Å². The van der Waals surface area contributed by atoms with E-state index in [-0.39, 0.29) is 12.5 Å². The molecular formula is C15H15NO4S2. The molecule has 7 heteroatoms. The maximum absolute atomic E-state index is 12.3. The van der Waals surface area contributed by atoms with Crippen LogP contribution in [0.15, 0.2) is 29.2 Å². The lowest BCUT2D eigenvalue weighted by molar-refractivity contribution is -0.143. The summed E-state index contributed by atoms with van der Waals surface area (Å²) in [6, 6.07) is 7.39. The smallest absolute Gasteiger partial charge is 0.325 e. The summed E-state index contributed by atoms with van der Waals surface area (Å²) in [6.45, 7) is 2.36. The summed E-state index contributed by atoms with van der Waals surface area (Å²) in [5, 5.41) is 0. The summed E-state index contributed by atoms with van der Waals surface area (Å²) in [4.78, 5) is 25.3. The number of ether oxygens (including phenoxy) is 2. The van der Waals surface area contributed by atoms with Gasteiger partial charge in [0.05, 0.1) is 18.6 Å². The van der Waals surface area contributed by atoms with Crippen molar-refractivity contribution >= 4 is 46.3 Å². The fourth-order valence-corrected chi connectivity index (χ4v) is 3.06. The number of carbonyl (C=O) groups is 2. The second-order valence-electron chi connectivity index (χ2n) is 4.35. The van der Waals surface area contributed by atoms with E-state index in [1.807, 2.05) is 31.2 Å². The van der Waals surface area contributed by atoms with Crippen LogP contribution in [0.1, 0.15) is 12.5 Å². The Bertz CT molecular complexity index is 625. The molecule has 2 rings (SSSR count). The third kappa shape index (κ3) is 3.86. The number of rotatable bonds is 5. The van der Waals surface area contributed by atoms with Gasteiger partial charge in [-0.25, -0.2) is 0 Å². The van der Waals surface area contributed by atoms with Gasteiger partial charge in [-0.2, -0.15) is 0 Å². The summed E-state index contributed by atoms with van der Waals surface area (Å²) in [7, 11) is 1.27. The highest BCUT2D eigenvalue weighted by molar-refractivity contribution is 8.26. The molecule has 0 bridgehead atoms. The van der Waals surface area contributed by atoms with Gasteiger partial charge in [-0.1, -0.05) is 36.1 Å². The van der Waals surface area contributed by atoms with Gasteiger partial charge < -0.3 is 9.47 Å². The first-order valence-corrected chi connectivity index (χ1v) is 7.82. The van der Waals surface area contributed by atoms with E-state index in [0.29, 0.717) is 15.8 Å². The second kappa shape index (κ2) is 7.42. The molecule has 0 atom stereocenters. The van der Waals surface area contributed by atoms with E-state index >= 15 is 0 Å². The molecule has 1 aliphatic heterocycles. The van der Waals surface area contributed by atoms with Crippen molar-refractivity contribution in [2.24, 2.45) is 0 Å². The highest BCUT2D eigenvalue weighted by Crippen LogP contribution is 2.32. The Kier molecular flexibility index (Phi) is 5.57. The maximum atomic E-state index is 12.3. The minimum Gasteiger partial charge on any atom is -0.494 e. The Labute approximate surface area is 138 Å². The van der Waals surface area contributed by atoms with Crippen LogP contribution in [0.2, 0.25) is 0 Å². The normalized spacial score (nSPS) is 16.3.